The molecule has 1 unspecified atom stereocenters. The average Bonchev–Trinajstić information content (AvgIpc) is 2.40. The molecule has 2 N–H and O–H groups in total. The van der Waals surface area contributed by atoms with E-state index >= 15 is 0 Å². The molecule has 0 heterocycles. The zero-order valence-electron chi connectivity index (χ0n) is 11.1. The van der Waals surface area contributed by atoms with Gasteiger partial charge in [-0.1, -0.05) is 13.0 Å². The number of aryl methyl sites for hydroxylation is 1. The van der Waals surface area contributed by atoms with E-state index in [9.17, 15) is 0 Å². The number of aliphatic hydroxyl groups excluding tert-OH is 1. The Hall–Kier alpha value is -1.06. The Kier molecular flexibility index (Phi) is 5.02. The summed E-state index contributed by atoms with van der Waals surface area (Å²) in [7, 11) is 0. The molecule has 0 aliphatic heterocycles. The molecule has 1 atom stereocenters. The van der Waals surface area contributed by atoms with Crippen LogP contribution in [0.1, 0.15) is 43.4 Å². The molecule has 18 heavy (non-hydrogen) atoms. The van der Waals surface area contributed by atoms with E-state index in [1.54, 1.807) is 0 Å². The molecule has 1 aromatic carbocycles. The molecule has 0 spiro atoms. The highest BCUT2D eigenvalue weighted by molar-refractivity contribution is 5.39. The molecule has 100 valence electrons. The van der Waals surface area contributed by atoms with E-state index in [0.29, 0.717) is 19.1 Å². The van der Waals surface area contributed by atoms with Gasteiger partial charge >= 0.3 is 0 Å². The first kappa shape index (κ1) is 13.4. The molecule has 1 aliphatic rings. The summed E-state index contributed by atoms with van der Waals surface area (Å²) in [5.74, 6) is 0.923. The third-order valence-electron chi connectivity index (χ3n) is 3.45. The van der Waals surface area contributed by atoms with Crippen LogP contribution >= 0.6 is 0 Å². The predicted octanol–water partition coefficient (Wildman–Crippen LogP) is 2.43. The fraction of sp³-hybridized carbons (Fsp3) is 0.600. The number of fused-ring (bicyclic) bond motifs is 1. The maximum atomic E-state index is 8.76. The zero-order valence-corrected chi connectivity index (χ0v) is 11.1. The van der Waals surface area contributed by atoms with Crippen LogP contribution in [0.4, 0.5) is 0 Å². The van der Waals surface area contributed by atoms with Crippen molar-refractivity contribution in [3.05, 3.63) is 29.3 Å². The van der Waals surface area contributed by atoms with Gasteiger partial charge in [0.2, 0.25) is 0 Å². The summed E-state index contributed by atoms with van der Waals surface area (Å²) in [5.41, 5.74) is 2.84. The summed E-state index contributed by atoms with van der Waals surface area (Å²) < 4.78 is 5.65. The second kappa shape index (κ2) is 6.76. The molecule has 2 rings (SSSR count). The first-order valence-corrected chi connectivity index (χ1v) is 6.95. The second-order valence-corrected chi connectivity index (χ2v) is 4.79. The minimum absolute atomic E-state index is 0.185. The van der Waals surface area contributed by atoms with Crippen LogP contribution in [0, 0.1) is 0 Å². The van der Waals surface area contributed by atoms with Crippen molar-refractivity contribution >= 4 is 0 Å². The van der Waals surface area contributed by atoms with Crippen molar-refractivity contribution in [2.45, 2.75) is 38.6 Å². The summed E-state index contributed by atoms with van der Waals surface area (Å²) in [6.45, 7) is 3.92. The van der Waals surface area contributed by atoms with E-state index in [1.807, 2.05) is 6.07 Å². The Labute approximate surface area is 109 Å². The number of aliphatic hydroxyl groups is 1. The standard InChI is InChI=1S/C15H23NO2/c1-2-16-15-6-3-5-12-7-8-13(11-14(12)15)18-10-4-9-17/h7-8,11,15-17H,2-6,9-10H2,1H3. The van der Waals surface area contributed by atoms with Gasteiger partial charge in [-0.25, -0.2) is 0 Å². The van der Waals surface area contributed by atoms with Crippen LogP contribution in [0.3, 0.4) is 0 Å². The van der Waals surface area contributed by atoms with Crippen molar-refractivity contribution in [2.75, 3.05) is 19.8 Å². The largest absolute Gasteiger partial charge is 0.493 e. The Morgan fingerprint density at radius 3 is 3.11 bits per heavy atom. The van der Waals surface area contributed by atoms with E-state index in [0.717, 1.165) is 12.3 Å². The van der Waals surface area contributed by atoms with Crippen LogP contribution in [0.2, 0.25) is 0 Å². The third kappa shape index (κ3) is 3.24. The average molecular weight is 249 g/mol. The third-order valence-corrected chi connectivity index (χ3v) is 3.45. The van der Waals surface area contributed by atoms with Crippen molar-refractivity contribution in [3.63, 3.8) is 0 Å². The minimum Gasteiger partial charge on any atom is -0.493 e. The SMILES string of the molecule is CCNC1CCCc2ccc(OCCCO)cc21. The number of nitrogens with one attached hydrogen (secondary N) is 1. The molecule has 1 aromatic rings. The number of rotatable bonds is 6. The van der Waals surface area contributed by atoms with Crippen molar-refractivity contribution in [1.82, 2.24) is 5.32 Å². The molecule has 0 radical (unpaired) electrons. The lowest BCUT2D eigenvalue weighted by Crippen LogP contribution is -2.24. The quantitative estimate of drug-likeness (QED) is 0.761. The minimum atomic E-state index is 0.185. The summed E-state index contributed by atoms with van der Waals surface area (Å²) in [6, 6.07) is 6.87. The number of ether oxygens (including phenoxy) is 1. The summed E-state index contributed by atoms with van der Waals surface area (Å²) in [4.78, 5) is 0. The summed E-state index contributed by atoms with van der Waals surface area (Å²) in [5, 5.41) is 12.3. The molecule has 3 nitrogen and oxygen atoms in total. The molecule has 0 amide bonds. The van der Waals surface area contributed by atoms with Gasteiger partial charge in [-0.15, -0.1) is 0 Å². The Morgan fingerprint density at radius 2 is 2.33 bits per heavy atom. The lowest BCUT2D eigenvalue weighted by Gasteiger charge is -2.26. The van der Waals surface area contributed by atoms with E-state index < -0.39 is 0 Å². The number of benzene rings is 1. The molecular weight excluding hydrogens is 226 g/mol. The highest BCUT2D eigenvalue weighted by Gasteiger charge is 2.19. The lowest BCUT2D eigenvalue weighted by atomic mass is 9.87. The van der Waals surface area contributed by atoms with Crippen molar-refractivity contribution in [2.24, 2.45) is 0 Å². The van der Waals surface area contributed by atoms with Gasteiger partial charge in [0.05, 0.1) is 6.61 Å². The zero-order chi connectivity index (χ0) is 12.8. The van der Waals surface area contributed by atoms with Crippen molar-refractivity contribution < 1.29 is 9.84 Å². The fourth-order valence-electron chi connectivity index (χ4n) is 2.58. The van der Waals surface area contributed by atoms with Crippen molar-refractivity contribution in [3.8, 4) is 5.75 Å². The Morgan fingerprint density at radius 1 is 1.44 bits per heavy atom. The predicted molar refractivity (Wildman–Crippen MR) is 73.0 cm³/mol. The molecule has 0 fully saturated rings. The first-order valence-electron chi connectivity index (χ1n) is 6.95. The Bertz CT molecular complexity index is 379. The second-order valence-electron chi connectivity index (χ2n) is 4.79. The van der Waals surface area contributed by atoms with E-state index in [4.69, 9.17) is 9.84 Å². The van der Waals surface area contributed by atoms with Gasteiger partial charge in [0.1, 0.15) is 5.75 Å². The topological polar surface area (TPSA) is 41.5 Å². The molecule has 1 aliphatic carbocycles. The maximum Gasteiger partial charge on any atom is 0.119 e. The fourth-order valence-corrected chi connectivity index (χ4v) is 2.58. The van der Waals surface area contributed by atoms with Gasteiger partial charge in [0.25, 0.3) is 0 Å². The Balaban J connectivity index is 2.09. The highest BCUT2D eigenvalue weighted by atomic mass is 16.5. The summed E-state index contributed by atoms with van der Waals surface area (Å²) >= 11 is 0. The van der Waals surface area contributed by atoms with Gasteiger partial charge in [-0.2, -0.15) is 0 Å². The van der Waals surface area contributed by atoms with Gasteiger partial charge < -0.3 is 15.2 Å². The first-order chi connectivity index (χ1) is 8.85. The molecule has 0 saturated carbocycles. The molecule has 0 saturated heterocycles. The van der Waals surface area contributed by atoms with Crippen LogP contribution in [0.25, 0.3) is 0 Å². The van der Waals surface area contributed by atoms with Crippen LogP contribution in [0.5, 0.6) is 5.75 Å². The monoisotopic (exact) mass is 249 g/mol. The number of hydrogen-bond donors (Lipinski definition) is 2. The van der Waals surface area contributed by atoms with Crippen LogP contribution in [0.15, 0.2) is 18.2 Å². The van der Waals surface area contributed by atoms with Crippen LogP contribution < -0.4 is 10.1 Å². The van der Waals surface area contributed by atoms with Gasteiger partial charge in [0, 0.05) is 19.1 Å². The van der Waals surface area contributed by atoms with Gasteiger partial charge in [-0.05, 0) is 49.1 Å². The molecule has 0 aromatic heterocycles. The molecule has 3 heteroatoms. The van der Waals surface area contributed by atoms with Gasteiger partial charge in [-0.3, -0.25) is 0 Å². The van der Waals surface area contributed by atoms with E-state index in [2.05, 4.69) is 24.4 Å². The molecular formula is C15H23NO2. The van der Waals surface area contributed by atoms with E-state index in [1.165, 1.54) is 30.4 Å². The van der Waals surface area contributed by atoms with Crippen LogP contribution in [-0.2, 0) is 6.42 Å². The van der Waals surface area contributed by atoms with Crippen LogP contribution in [-0.4, -0.2) is 24.9 Å². The number of hydrogen-bond acceptors (Lipinski definition) is 3. The maximum absolute atomic E-state index is 8.76. The summed E-state index contributed by atoms with van der Waals surface area (Å²) in [6.07, 6.45) is 4.33. The normalized spacial score (nSPS) is 18.4. The van der Waals surface area contributed by atoms with Crippen molar-refractivity contribution in [1.29, 1.82) is 0 Å². The highest BCUT2D eigenvalue weighted by Crippen LogP contribution is 2.32. The smallest absolute Gasteiger partial charge is 0.119 e. The van der Waals surface area contributed by atoms with Gasteiger partial charge in [0.15, 0.2) is 0 Å². The van der Waals surface area contributed by atoms with E-state index in [-0.39, 0.29) is 6.61 Å². The lowest BCUT2D eigenvalue weighted by molar-refractivity contribution is 0.233. The molecule has 0 bridgehead atoms.